The fraction of sp³-hybridized carbons (Fsp3) is 0.154. The number of nitrogen functional groups attached to an aromatic ring is 1. The average Bonchev–Trinajstić information content (AvgIpc) is 2.32. The molecule has 0 unspecified atom stereocenters. The van der Waals surface area contributed by atoms with Crippen molar-refractivity contribution in [3.63, 3.8) is 0 Å². The van der Waals surface area contributed by atoms with Crippen LogP contribution in [-0.4, -0.2) is 4.98 Å². The highest BCUT2D eigenvalue weighted by Gasteiger charge is 2.00. The zero-order valence-electron chi connectivity index (χ0n) is 9.27. The SMILES string of the molecule is Nc1cc(CSCc2ccccc2Cl)ccn1. The van der Waals surface area contributed by atoms with Crippen LogP contribution in [0.15, 0.2) is 42.6 Å². The van der Waals surface area contributed by atoms with Gasteiger partial charge in [-0.3, -0.25) is 0 Å². The molecule has 0 aliphatic carbocycles. The maximum Gasteiger partial charge on any atom is 0.123 e. The molecule has 0 amide bonds. The molecule has 0 aliphatic rings. The summed E-state index contributed by atoms with van der Waals surface area (Å²) in [6.45, 7) is 0. The first-order valence-corrected chi connectivity index (χ1v) is 6.80. The van der Waals surface area contributed by atoms with Gasteiger partial charge in [-0.1, -0.05) is 29.8 Å². The zero-order chi connectivity index (χ0) is 12.1. The molecule has 1 aromatic heterocycles. The Labute approximate surface area is 110 Å². The smallest absolute Gasteiger partial charge is 0.123 e. The normalized spacial score (nSPS) is 10.4. The average molecular weight is 265 g/mol. The Morgan fingerprint density at radius 3 is 2.76 bits per heavy atom. The summed E-state index contributed by atoms with van der Waals surface area (Å²) in [4.78, 5) is 3.97. The molecule has 1 heterocycles. The predicted molar refractivity (Wildman–Crippen MR) is 75.1 cm³/mol. The summed E-state index contributed by atoms with van der Waals surface area (Å²) in [5.74, 6) is 2.39. The Kier molecular flexibility index (Phi) is 4.29. The minimum absolute atomic E-state index is 0.570. The first-order chi connectivity index (χ1) is 8.25. The molecule has 0 saturated heterocycles. The highest BCUT2D eigenvalue weighted by molar-refractivity contribution is 7.97. The van der Waals surface area contributed by atoms with Crippen molar-refractivity contribution in [1.82, 2.24) is 4.98 Å². The van der Waals surface area contributed by atoms with Crippen molar-refractivity contribution in [3.8, 4) is 0 Å². The largest absolute Gasteiger partial charge is 0.384 e. The van der Waals surface area contributed by atoms with Crippen LogP contribution in [0.3, 0.4) is 0 Å². The molecule has 2 N–H and O–H groups in total. The monoisotopic (exact) mass is 264 g/mol. The Morgan fingerprint density at radius 2 is 2.00 bits per heavy atom. The van der Waals surface area contributed by atoms with Crippen molar-refractivity contribution in [2.45, 2.75) is 11.5 Å². The van der Waals surface area contributed by atoms with Crippen molar-refractivity contribution < 1.29 is 0 Å². The van der Waals surface area contributed by atoms with E-state index in [2.05, 4.69) is 11.1 Å². The predicted octanol–water partition coefficient (Wildman–Crippen LogP) is 3.75. The van der Waals surface area contributed by atoms with Gasteiger partial charge in [-0.15, -0.1) is 0 Å². The minimum Gasteiger partial charge on any atom is -0.384 e. The van der Waals surface area contributed by atoms with Gasteiger partial charge in [0.05, 0.1) is 0 Å². The number of nitrogens with zero attached hydrogens (tertiary/aromatic N) is 1. The van der Waals surface area contributed by atoms with E-state index in [1.54, 1.807) is 6.20 Å². The summed E-state index contributed by atoms with van der Waals surface area (Å²) in [5, 5.41) is 0.828. The fourth-order valence-electron chi connectivity index (χ4n) is 1.48. The lowest BCUT2D eigenvalue weighted by Gasteiger charge is -2.04. The highest BCUT2D eigenvalue weighted by Crippen LogP contribution is 2.23. The molecule has 2 nitrogen and oxygen atoms in total. The van der Waals surface area contributed by atoms with Gasteiger partial charge in [0.1, 0.15) is 5.82 Å². The van der Waals surface area contributed by atoms with Gasteiger partial charge < -0.3 is 5.73 Å². The zero-order valence-corrected chi connectivity index (χ0v) is 10.8. The fourth-order valence-corrected chi connectivity index (χ4v) is 2.75. The molecule has 0 aliphatic heterocycles. The van der Waals surface area contributed by atoms with Crippen LogP contribution in [0.25, 0.3) is 0 Å². The Morgan fingerprint density at radius 1 is 1.18 bits per heavy atom. The molecule has 0 fully saturated rings. The summed E-state index contributed by atoms with van der Waals surface area (Å²) in [6.07, 6.45) is 1.74. The van der Waals surface area contributed by atoms with Crippen LogP contribution in [-0.2, 0) is 11.5 Å². The molecule has 2 rings (SSSR count). The Hall–Kier alpha value is -1.19. The van der Waals surface area contributed by atoms with Crippen molar-refractivity contribution in [1.29, 1.82) is 0 Å². The van der Waals surface area contributed by atoms with Gasteiger partial charge in [-0.25, -0.2) is 4.98 Å². The molecular formula is C13H13ClN2S. The molecule has 2 aromatic rings. The van der Waals surface area contributed by atoms with Crippen LogP contribution in [0.4, 0.5) is 5.82 Å². The quantitative estimate of drug-likeness (QED) is 0.914. The summed E-state index contributed by atoms with van der Waals surface area (Å²) in [6, 6.07) is 11.8. The van der Waals surface area contributed by atoms with Gasteiger partial charge in [-0.05, 0) is 29.3 Å². The molecule has 0 atom stereocenters. The topological polar surface area (TPSA) is 38.9 Å². The van der Waals surface area contributed by atoms with Crippen LogP contribution < -0.4 is 5.73 Å². The van der Waals surface area contributed by atoms with E-state index in [1.165, 1.54) is 11.1 Å². The van der Waals surface area contributed by atoms with Gasteiger partial charge in [0.25, 0.3) is 0 Å². The molecular weight excluding hydrogens is 252 g/mol. The van der Waals surface area contributed by atoms with Crippen LogP contribution >= 0.6 is 23.4 Å². The van der Waals surface area contributed by atoms with Gasteiger partial charge >= 0.3 is 0 Å². The number of pyridine rings is 1. The van der Waals surface area contributed by atoms with Gasteiger partial charge in [-0.2, -0.15) is 11.8 Å². The second-order valence-corrected chi connectivity index (χ2v) is 5.07. The second kappa shape index (κ2) is 5.94. The van der Waals surface area contributed by atoms with E-state index < -0.39 is 0 Å². The van der Waals surface area contributed by atoms with Gasteiger partial charge in [0, 0.05) is 22.7 Å². The maximum absolute atomic E-state index is 6.09. The van der Waals surface area contributed by atoms with Crippen LogP contribution in [0.1, 0.15) is 11.1 Å². The van der Waals surface area contributed by atoms with Gasteiger partial charge in [0.15, 0.2) is 0 Å². The standard InChI is InChI=1S/C13H13ClN2S/c14-12-4-2-1-3-11(12)9-17-8-10-5-6-16-13(15)7-10/h1-7H,8-9H2,(H2,15,16). The number of nitrogens with two attached hydrogens (primary N) is 1. The van der Waals surface area contributed by atoms with E-state index >= 15 is 0 Å². The third kappa shape index (κ3) is 3.65. The first kappa shape index (κ1) is 12.3. The Balaban J connectivity index is 1.90. The molecule has 0 radical (unpaired) electrons. The number of aromatic nitrogens is 1. The van der Waals surface area contributed by atoms with Crippen LogP contribution in [0.5, 0.6) is 0 Å². The second-order valence-electron chi connectivity index (χ2n) is 3.67. The van der Waals surface area contributed by atoms with Gasteiger partial charge in [0.2, 0.25) is 0 Å². The maximum atomic E-state index is 6.09. The lowest BCUT2D eigenvalue weighted by Crippen LogP contribution is -1.91. The molecule has 1 aromatic carbocycles. The van der Waals surface area contributed by atoms with Crippen molar-refractivity contribution in [3.05, 3.63) is 58.7 Å². The number of hydrogen-bond donors (Lipinski definition) is 1. The number of benzene rings is 1. The van der Waals surface area contributed by atoms with Crippen molar-refractivity contribution in [2.75, 3.05) is 5.73 Å². The van der Waals surface area contributed by atoms with Crippen molar-refractivity contribution in [2.24, 2.45) is 0 Å². The number of anilines is 1. The van der Waals surface area contributed by atoms with Crippen molar-refractivity contribution >= 4 is 29.2 Å². The van der Waals surface area contributed by atoms with E-state index in [4.69, 9.17) is 17.3 Å². The molecule has 0 saturated carbocycles. The van der Waals surface area contributed by atoms with E-state index in [-0.39, 0.29) is 0 Å². The van der Waals surface area contributed by atoms with Crippen LogP contribution in [0, 0.1) is 0 Å². The molecule has 0 spiro atoms. The minimum atomic E-state index is 0.570. The number of halogens is 1. The summed E-state index contributed by atoms with van der Waals surface area (Å²) >= 11 is 7.90. The molecule has 17 heavy (non-hydrogen) atoms. The van der Waals surface area contributed by atoms with E-state index in [0.717, 1.165) is 16.5 Å². The Bertz CT molecular complexity index is 502. The van der Waals surface area contributed by atoms with E-state index in [1.807, 2.05) is 42.1 Å². The number of thioether (sulfide) groups is 1. The first-order valence-electron chi connectivity index (χ1n) is 5.27. The lowest BCUT2D eigenvalue weighted by atomic mass is 10.2. The van der Waals surface area contributed by atoms with E-state index in [0.29, 0.717) is 5.82 Å². The number of rotatable bonds is 4. The summed E-state index contributed by atoms with van der Waals surface area (Å²) in [5.41, 5.74) is 7.98. The molecule has 88 valence electrons. The third-order valence-corrected chi connectivity index (χ3v) is 3.75. The number of hydrogen-bond acceptors (Lipinski definition) is 3. The highest BCUT2D eigenvalue weighted by atomic mass is 35.5. The molecule has 0 bridgehead atoms. The van der Waals surface area contributed by atoms with E-state index in [9.17, 15) is 0 Å². The lowest BCUT2D eigenvalue weighted by molar-refractivity contribution is 1.27. The third-order valence-electron chi connectivity index (χ3n) is 2.33. The summed E-state index contributed by atoms with van der Waals surface area (Å²) in [7, 11) is 0. The molecule has 4 heteroatoms. The summed E-state index contributed by atoms with van der Waals surface area (Å²) < 4.78 is 0. The van der Waals surface area contributed by atoms with Crippen LogP contribution in [0.2, 0.25) is 5.02 Å².